The van der Waals surface area contributed by atoms with Crippen LogP contribution in [0.2, 0.25) is 0 Å². The summed E-state index contributed by atoms with van der Waals surface area (Å²) in [6.45, 7) is 7.36. The number of benzene rings is 5. The van der Waals surface area contributed by atoms with Crippen molar-refractivity contribution in [3.8, 4) is 11.5 Å². The van der Waals surface area contributed by atoms with Crippen LogP contribution >= 0.6 is 0 Å². The van der Waals surface area contributed by atoms with E-state index in [-0.39, 0.29) is 66.5 Å². The molecule has 0 amide bonds. The van der Waals surface area contributed by atoms with E-state index in [9.17, 15) is 0 Å². The maximum atomic E-state index is 9.08. The molecule has 1 aromatic heterocycles. The highest BCUT2D eigenvalue weighted by molar-refractivity contribution is 6.65. The van der Waals surface area contributed by atoms with Gasteiger partial charge in [-0.2, -0.15) is 0 Å². The minimum atomic E-state index is -1.10. The van der Waals surface area contributed by atoms with Crippen molar-refractivity contribution in [3.05, 3.63) is 84.6 Å². The van der Waals surface area contributed by atoms with Crippen LogP contribution in [0.25, 0.3) is 54.9 Å². The van der Waals surface area contributed by atoms with Gasteiger partial charge >= 0.3 is 7.12 Å². The largest absolute Gasteiger partial charge is 0.495 e. The van der Waals surface area contributed by atoms with Gasteiger partial charge < -0.3 is 13.7 Å². The second-order valence-electron chi connectivity index (χ2n) is 9.72. The Morgan fingerprint density at radius 1 is 0.750 bits per heavy atom. The van der Waals surface area contributed by atoms with Crippen LogP contribution in [0.5, 0.6) is 0 Å². The predicted molar refractivity (Wildman–Crippen MR) is 148 cm³/mol. The van der Waals surface area contributed by atoms with Crippen molar-refractivity contribution >= 4 is 56.0 Å². The third kappa shape index (κ3) is 3.06. The summed E-state index contributed by atoms with van der Waals surface area (Å²) in [6, 6.07) is -2.76. The van der Waals surface area contributed by atoms with E-state index >= 15 is 0 Å². The van der Waals surface area contributed by atoms with Crippen LogP contribution in [0.15, 0.2) is 89.1 Å². The number of aromatic nitrogens is 1. The summed E-state index contributed by atoms with van der Waals surface area (Å²) in [5.41, 5.74) is -2.16. The lowest BCUT2D eigenvalue weighted by Gasteiger charge is -2.32. The lowest BCUT2D eigenvalue weighted by molar-refractivity contribution is 0.00578. The third-order valence-corrected chi connectivity index (χ3v) is 7.03. The van der Waals surface area contributed by atoms with Gasteiger partial charge in [-0.3, -0.25) is 0 Å². The van der Waals surface area contributed by atoms with Gasteiger partial charge in [0, 0.05) is 16.3 Å². The quantitative estimate of drug-likeness (QED) is 0.192. The van der Waals surface area contributed by atoms with Gasteiger partial charge in [-0.1, -0.05) is 66.5 Å². The summed E-state index contributed by atoms with van der Waals surface area (Å²) in [6.07, 6.45) is 0. The van der Waals surface area contributed by atoms with Crippen molar-refractivity contribution in [2.75, 3.05) is 0 Å². The molecule has 5 heteroatoms. The number of nitrogens with zero attached hydrogens (tertiary/aromatic N) is 1. The molecular formula is C31H26BNO3. The van der Waals surface area contributed by atoms with Gasteiger partial charge in [0.15, 0.2) is 5.58 Å². The first-order valence-electron chi connectivity index (χ1n) is 17.4. The smallest absolute Gasteiger partial charge is 0.435 e. The van der Waals surface area contributed by atoms with Crippen molar-refractivity contribution in [1.82, 2.24) is 4.98 Å². The zero-order valence-electron chi connectivity index (χ0n) is 31.9. The summed E-state index contributed by atoms with van der Waals surface area (Å²) < 4.78 is 122. The van der Waals surface area contributed by atoms with Crippen molar-refractivity contribution in [2.24, 2.45) is 0 Å². The van der Waals surface area contributed by atoms with Gasteiger partial charge in [0.2, 0.25) is 5.89 Å². The van der Waals surface area contributed by atoms with E-state index in [4.69, 9.17) is 30.2 Å². The van der Waals surface area contributed by atoms with Gasteiger partial charge in [0.1, 0.15) is 5.52 Å². The second-order valence-corrected chi connectivity index (χ2v) is 9.72. The number of fused-ring (bicyclic) bond motifs is 7. The Hall–Kier alpha value is -3.67. The third-order valence-electron chi connectivity index (χ3n) is 7.03. The van der Waals surface area contributed by atoms with Crippen molar-refractivity contribution < 1.29 is 30.2 Å². The van der Waals surface area contributed by atoms with Gasteiger partial charge in [-0.25, -0.2) is 4.98 Å². The molecule has 1 saturated heterocycles. The number of rotatable bonds is 2. The normalized spacial score (nSPS) is 21.7. The topological polar surface area (TPSA) is 44.5 Å². The van der Waals surface area contributed by atoms with Crippen LogP contribution in [0, 0.1) is 0 Å². The summed E-state index contributed by atoms with van der Waals surface area (Å²) in [5.74, 6) is -0.420. The van der Waals surface area contributed by atoms with Gasteiger partial charge in [0.05, 0.1) is 27.7 Å². The van der Waals surface area contributed by atoms with E-state index in [2.05, 4.69) is 4.98 Å². The van der Waals surface area contributed by atoms with Gasteiger partial charge in [0.25, 0.3) is 0 Å². The van der Waals surface area contributed by atoms with Crippen LogP contribution < -0.4 is 5.46 Å². The molecule has 0 aliphatic carbocycles. The summed E-state index contributed by atoms with van der Waals surface area (Å²) >= 11 is 0. The molecule has 4 nitrogen and oxygen atoms in total. The molecule has 2 heterocycles. The van der Waals surface area contributed by atoms with E-state index < -0.39 is 84.6 Å². The van der Waals surface area contributed by atoms with Crippen LogP contribution in [0.1, 0.15) is 44.1 Å². The standard InChI is InChI=1S/C31H26BNO3/c1-30(2)31(3,4)36-32(35-30)24-12-8-11-23-22(24)17-15-19-13-14-20-16-18-25-28(27(20)26(19)23)34-29(33-25)21-9-6-5-7-10-21/h5-18H,1-4H3/i5D,6D,7D,9D,10D,12D,13D,14D,15D,16D,17D,18D. The van der Waals surface area contributed by atoms with E-state index in [1.165, 1.54) is 12.1 Å². The minimum Gasteiger partial charge on any atom is -0.435 e. The van der Waals surface area contributed by atoms with Gasteiger partial charge in [-0.05, 0) is 72.8 Å². The zero-order chi connectivity index (χ0) is 35.1. The Kier molecular flexibility index (Phi) is 2.58. The fraction of sp³-hybridized carbons (Fsp3) is 0.194. The van der Waals surface area contributed by atoms with Crippen LogP contribution in [0.3, 0.4) is 0 Å². The highest BCUT2D eigenvalue weighted by atomic mass is 16.7. The lowest BCUT2D eigenvalue weighted by Crippen LogP contribution is -2.41. The van der Waals surface area contributed by atoms with Gasteiger partial charge in [-0.15, -0.1) is 0 Å². The number of hydrogen-bond donors (Lipinski definition) is 0. The molecule has 7 rings (SSSR count). The molecule has 0 N–H and O–H groups in total. The maximum absolute atomic E-state index is 9.08. The van der Waals surface area contributed by atoms with E-state index in [1.54, 1.807) is 0 Å². The molecule has 1 aliphatic heterocycles. The first-order chi connectivity index (χ1) is 22.3. The average molecular weight is 483 g/mol. The van der Waals surface area contributed by atoms with Crippen LogP contribution in [-0.2, 0) is 9.31 Å². The fourth-order valence-corrected chi connectivity index (χ4v) is 4.47. The summed E-state index contributed by atoms with van der Waals surface area (Å²) in [5, 5.41) is 0.258. The number of hydrogen-bond acceptors (Lipinski definition) is 4. The summed E-state index contributed by atoms with van der Waals surface area (Å²) in [4.78, 5) is 4.33. The zero-order valence-corrected chi connectivity index (χ0v) is 19.9. The molecule has 6 aromatic rings. The van der Waals surface area contributed by atoms with Crippen molar-refractivity contribution in [1.29, 1.82) is 0 Å². The molecule has 0 radical (unpaired) electrons. The molecule has 1 aliphatic rings. The van der Waals surface area contributed by atoms with Crippen molar-refractivity contribution in [3.63, 3.8) is 0 Å². The monoisotopic (exact) mass is 483 g/mol. The molecule has 176 valence electrons. The second kappa shape index (κ2) is 7.42. The Labute approximate surface area is 226 Å². The predicted octanol–water partition coefficient (Wildman–Crippen LogP) is 7.25. The summed E-state index contributed by atoms with van der Waals surface area (Å²) in [7, 11) is -1.10. The molecular weight excluding hydrogens is 445 g/mol. The molecule has 0 atom stereocenters. The first kappa shape index (κ1) is 12.5. The van der Waals surface area contributed by atoms with E-state index in [1.807, 2.05) is 27.7 Å². The minimum absolute atomic E-state index is 0.0178. The van der Waals surface area contributed by atoms with Crippen LogP contribution in [-0.4, -0.2) is 23.3 Å². The Bertz CT molecular complexity index is 2420. The molecule has 0 unspecified atom stereocenters. The maximum Gasteiger partial charge on any atom is 0.495 e. The molecule has 1 fully saturated rings. The highest BCUT2D eigenvalue weighted by Gasteiger charge is 2.52. The van der Waals surface area contributed by atoms with Crippen molar-refractivity contribution in [2.45, 2.75) is 38.9 Å². The van der Waals surface area contributed by atoms with E-state index in [0.29, 0.717) is 0 Å². The molecule has 0 bridgehead atoms. The fourth-order valence-electron chi connectivity index (χ4n) is 4.47. The van der Waals surface area contributed by atoms with Crippen LogP contribution in [0.4, 0.5) is 0 Å². The molecule has 0 spiro atoms. The molecule has 0 saturated carbocycles. The van der Waals surface area contributed by atoms with E-state index in [0.717, 1.165) is 0 Å². The highest BCUT2D eigenvalue weighted by Crippen LogP contribution is 2.40. The Balaban J connectivity index is 1.70. The first-order valence-corrected chi connectivity index (χ1v) is 11.4. The molecule has 5 aromatic carbocycles. The number of oxazole rings is 1. The Morgan fingerprint density at radius 2 is 1.42 bits per heavy atom. The average Bonchev–Trinajstić information content (AvgIpc) is 3.54. The Morgan fingerprint density at radius 3 is 2.17 bits per heavy atom. The SMILES string of the molecule is [2H]c1ccc2c(c([2H])c([2H])c3c([2H])c([2H])c4c([2H])c([2H])c5nc(-c6c([2H])c([2H])c([2H])c([2H])c6[2H])oc5c4c32)c1B1OC(C)(C)C(C)(C)O1. The lowest BCUT2D eigenvalue weighted by atomic mass is 9.75. The molecule has 36 heavy (non-hydrogen) atoms.